The van der Waals surface area contributed by atoms with Crippen molar-refractivity contribution in [3.05, 3.63) is 41.6 Å². The number of aromatic nitrogens is 1. The van der Waals surface area contributed by atoms with E-state index in [2.05, 4.69) is 15.6 Å². The van der Waals surface area contributed by atoms with Gasteiger partial charge in [-0.15, -0.1) is 0 Å². The van der Waals surface area contributed by atoms with Gasteiger partial charge in [-0.05, 0) is 37.9 Å². The first kappa shape index (κ1) is 13.1. The molecule has 1 aliphatic heterocycles. The number of rotatable bonds is 2. The Morgan fingerprint density at radius 2 is 2.25 bits per heavy atom. The van der Waals surface area contributed by atoms with Crippen LogP contribution in [0.1, 0.15) is 28.8 Å². The summed E-state index contributed by atoms with van der Waals surface area (Å²) in [5, 5.41) is 7.45. The molecule has 2 heterocycles. The highest BCUT2D eigenvalue weighted by atomic mass is 16.1. The molecule has 1 saturated heterocycles. The first-order chi connectivity index (χ1) is 9.75. The average molecular weight is 269 g/mol. The maximum Gasteiger partial charge on any atom is 0.253 e. The Morgan fingerprint density at radius 1 is 1.40 bits per heavy atom. The SMILES string of the molecule is Cc1c(C(=O)N[C@H]2CCCNC2)cnc2ccccc12. The lowest BCUT2D eigenvalue weighted by Gasteiger charge is -2.24. The van der Waals surface area contributed by atoms with Crippen LogP contribution in [0.15, 0.2) is 30.5 Å². The Kier molecular flexibility index (Phi) is 3.65. The third kappa shape index (κ3) is 2.51. The molecule has 0 aliphatic carbocycles. The Balaban J connectivity index is 1.85. The molecule has 3 rings (SSSR count). The number of fused-ring (bicyclic) bond motifs is 1. The number of piperidine rings is 1. The van der Waals surface area contributed by atoms with Gasteiger partial charge in [0.15, 0.2) is 0 Å². The van der Waals surface area contributed by atoms with Crippen molar-refractivity contribution in [3.8, 4) is 0 Å². The minimum Gasteiger partial charge on any atom is -0.348 e. The number of pyridine rings is 1. The molecule has 2 N–H and O–H groups in total. The van der Waals surface area contributed by atoms with E-state index in [1.54, 1.807) is 6.20 Å². The van der Waals surface area contributed by atoms with Gasteiger partial charge in [-0.3, -0.25) is 9.78 Å². The van der Waals surface area contributed by atoms with Gasteiger partial charge >= 0.3 is 0 Å². The topological polar surface area (TPSA) is 54.0 Å². The number of amides is 1. The highest BCUT2D eigenvalue weighted by Gasteiger charge is 2.18. The first-order valence-corrected chi connectivity index (χ1v) is 7.11. The Hall–Kier alpha value is -1.94. The van der Waals surface area contributed by atoms with Crippen molar-refractivity contribution in [2.45, 2.75) is 25.8 Å². The molecule has 2 aromatic rings. The zero-order valence-corrected chi connectivity index (χ0v) is 11.6. The highest BCUT2D eigenvalue weighted by Crippen LogP contribution is 2.19. The number of para-hydroxylation sites is 1. The summed E-state index contributed by atoms with van der Waals surface area (Å²) in [6.07, 6.45) is 3.84. The minimum absolute atomic E-state index is 0.0190. The van der Waals surface area contributed by atoms with Crippen molar-refractivity contribution < 1.29 is 4.79 Å². The third-order valence-electron chi connectivity index (χ3n) is 3.92. The molecule has 1 aromatic carbocycles. The second kappa shape index (κ2) is 5.59. The monoisotopic (exact) mass is 269 g/mol. The molecule has 0 saturated carbocycles. The van der Waals surface area contributed by atoms with E-state index in [0.717, 1.165) is 42.4 Å². The summed E-state index contributed by atoms with van der Waals surface area (Å²) in [7, 11) is 0. The number of nitrogens with zero attached hydrogens (tertiary/aromatic N) is 1. The Bertz CT molecular complexity index is 633. The van der Waals surface area contributed by atoms with Crippen LogP contribution in [-0.4, -0.2) is 30.0 Å². The smallest absolute Gasteiger partial charge is 0.253 e. The molecule has 0 bridgehead atoms. The normalized spacial score (nSPS) is 18.9. The lowest BCUT2D eigenvalue weighted by molar-refractivity contribution is 0.0930. The number of hydrogen-bond donors (Lipinski definition) is 2. The van der Waals surface area contributed by atoms with Gasteiger partial charge in [0.2, 0.25) is 0 Å². The molecule has 1 aromatic heterocycles. The fourth-order valence-electron chi connectivity index (χ4n) is 2.75. The van der Waals surface area contributed by atoms with Crippen molar-refractivity contribution in [2.24, 2.45) is 0 Å². The number of benzene rings is 1. The standard InChI is InChI=1S/C16H19N3O/c1-11-13-6-2-3-7-15(13)18-10-14(11)16(20)19-12-5-4-8-17-9-12/h2-3,6-7,10,12,17H,4-5,8-9H2,1H3,(H,19,20)/t12-/m0/s1. The molecular weight excluding hydrogens is 250 g/mol. The molecule has 104 valence electrons. The number of nitrogens with one attached hydrogen (secondary N) is 2. The lowest BCUT2D eigenvalue weighted by atomic mass is 10.0. The minimum atomic E-state index is -0.0190. The molecular formula is C16H19N3O. The maximum atomic E-state index is 12.4. The number of hydrogen-bond acceptors (Lipinski definition) is 3. The fraction of sp³-hybridized carbons (Fsp3) is 0.375. The van der Waals surface area contributed by atoms with Gasteiger partial charge in [-0.1, -0.05) is 18.2 Å². The Labute approximate surface area is 118 Å². The van der Waals surface area contributed by atoms with Gasteiger partial charge in [0.25, 0.3) is 5.91 Å². The van der Waals surface area contributed by atoms with Crippen LogP contribution >= 0.6 is 0 Å². The summed E-state index contributed by atoms with van der Waals surface area (Å²) in [6.45, 7) is 3.88. The highest BCUT2D eigenvalue weighted by molar-refractivity contribution is 6.00. The second-order valence-electron chi connectivity index (χ2n) is 5.33. The van der Waals surface area contributed by atoms with Gasteiger partial charge in [-0.2, -0.15) is 0 Å². The summed E-state index contributed by atoms with van der Waals surface area (Å²) >= 11 is 0. The van der Waals surface area contributed by atoms with Crippen LogP contribution in [0.4, 0.5) is 0 Å². The lowest BCUT2D eigenvalue weighted by Crippen LogP contribution is -2.45. The largest absolute Gasteiger partial charge is 0.348 e. The second-order valence-corrected chi connectivity index (χ2v) is 5.33. The predicted molar refractivity (Wildman–Crippen MR) is 79.8 cm³/mol. The van der Waals surface area contributed by atoms with Crippen LogP contribution in [0, 0.1) is 6.92 Å². The number of carbonyl (C=O) groups is 1. The van der Waals surface area contributed by atoms with Crippen molar-refractivity contribution in [1.29, 1.82) is 0 Å². The van der Waals surface area contributed by atoms with Crippen LogP contribution in [-0.2, 0) is 0 Å². The van der Waals surface area contributed by atoms with E-state index in [-0.39, 0.29) is 11.9 Å². The van der Waals surface area contributed by atoms with Gasteiger partial charge in [-0.25, -0.2) is 0 Å². The molecule has 0 radical (unpaired) electrons. The Morgan fingerprint density at radius 3 is 3.05 bits per heavy atom. The number of aryl methyl sites for hydroxylation is 1. The molecule has 20 heavy (non-hydrogen) atoms. The molecule has 1 fully saturated rings. The van der Waals surface area contributed by atoms with Crippen LogP contribution < -0.4 is 10.6 Å². The summed E-state index contributed by atoms with van der Waals surface area (Å²) in [4.78, 5) is 16.8. The maximum absolute atomic E-state index is 12.4. The van der Waals surface area contributed by atoms with Crippen LogP contribution in [0.25, 0.3) is 10.9 Å². The van der Waals surface area contributed by atoms with E-state index in [0.29, 0.717) is 5.56 Å². The van der Waals surface area contributed by atoms with Gasteiger partial charge in [0, 0.05) is 24.2 Å². The zero-order chi connectivity index (χ0) is 13.9. The molecule has 1 atom stereocenters. The van der Waals surface area contributed by atoms with Crippen molar-refractivity contribution in [3.63, 3.8) is 0 Å². The van der Waals surface area contributed by atoms with E-state index in [4.69, 9.17) is 0 Å². The zero-order valence-electron chi connectivity index (χ0n) is 11.6. The van der Waals surface area contributed by atoms with Crippen molar-refractivity contribution in [2.75, 3.05) is 13.1 Å². The summed E-state index contributed by atoms with van der Waals surface area (Å²) < 4.78 is 0. The van der Waals surface area contributed by atoms with Crippen LogP contribution in [0.2, 0.25) is 0 Å². The predicted octanol–water partition coefficient (Wildman–Crippen LogP) is 2.03. The summed E-state index contributed by atoms with van der Waals surface area (Å²) in [6, 6.07) is 8.14. The van der Waals surface area contributed by atoms with E-state index in [9.17, 15) is 4.79 Å². The average Bonchev–Trinajstić information content (AvgIpc) is 2.49. The molecule has 4 nitrogen and oxygen atoms in total. The van der Waals surface area contributed by atoms with E-state index < -0.39 is 0 Å². The third-order valence-corrected chi connectivity index (χ3v) is 3.92. The van der Waals surface area contributed by atoms with Crippen molar-refractivity contribution in [1.82, 2.24) is 15.6 Å². The van der Waals surface area contributed by atoms with Gasteiger partial charge < -0.3 is 10.6 Å². The molecule has 1 amide bonds. The van der Waals surface area contributed by atoms with Gasteiger partial charge in [0.05, 0.1) is 11.1 Å². The fourth-order valence-corrected chi connectivity index (χ4v) is 2.75. The summed E-state index contributed by atoms with van der Waals surface area (Å²) in [5.41, 5.74) is 2.60. The molecule has 0 unspecified atom stereocenters. The van der Waals surface area contributed by atoms with Crippen molar-refractivity contribution >= 4 is 16.8 Å². The first-order valence-electron chi connectivity index (χ1n) is 7.11. The van der Waals surface area contributed by atoms with E-state index in [1.165, 1.54) is 0 Å². The molecule has 1 aliphatic rings. The number of carbonyl (C=O) groups excluding carboxylic acids is 1. The quantitative estimate of drug-likeness (QED) is 0.877. The van der Waals surface area contributed by atoms with E-state index in [1.807, 2.05) is 31.2 Å². The van der Waals surface area contributed by atoms with E-state index >= 15 is 0 Å². The molecule has 4 heteroatoms. The van der Waals surface area contributed by atoms with Gasteiger partial charge in [0.1, 0.15) is 0 Å². The van der Waals surface area contributed by atoms with Crippen LogP contribution in [0.3, 0.4) is 0 Å². The van der Waals surface area contributed by atoms with Crippen LogP contribution in [0.5, 0.6) is 0 Å². The molecule has 0 spiro atoms. The summed E-state index contributed by atoms with van der Waals surface area (Å²) in [5.74, 6) is -0.0190.